The largest absolute Gasteiger partial charge is 0.504 e. The van der Waals surface area contributed by atoms with Crippen molar-refractivity contribution < 1.29 is 10.2 Å². The highest BCUT2D eigenvalue weighted by atomic mass is 16.3. The number of aromatic hydroxyl groups is 2. The van der Waals surface area contributed by atoms with E-state index >= 15 is 0 Å². The van der Waals surface area contributed by atoms with Crippen molar-refractivity contribution in [2.45, 2.75) is 38.5 Å². The summed E-state index contributed by atoms with van der Waals surface area (Å²) in [6.45, 7) is 4.21. The number of phenols is 2. The lowest BCUT2D eigenvalue weighted by atomic mass is 9.82. The van der Waals surface area contributed by atoms with Crippen LogP contribution >= 0.6 is 0 Å². The number of hydrogen-bond acceptors (Lipinski definition) is 4. The van der Waals surface area contributed by atoms with Crippen LogP contribution in [-0.2, 0) is 12.8 Å². The van der Waals surface area contributed by atoms with Crippen LogP contribution < -0.4 is 10.6 Å². The Morgan fingerprint density at radius 3 is 1.82 bits per heavy atom. The molecule has 1 saturated carbocycles. The molecular weight excluding hydrogens is 348 g/mol. The van der Waals surface area contributed by atoms with Crippen LogP contribution in [0.15, 0.2) is 48.5 Å². The van der Waals surface area contributed by atoms with Crippen LogP contribution in [0, 0.1) is 11.8 Å². The Morgan fingerprint density at radius 1 is 0.679 bits per heavy atom. The van der Waals surface area contributed by atoms with Gasteiger partial charge in [0.05, 0.1) is 0 Å². The van der Waals surface area contributed by atoms with Crippen LogP contribution in [0.4, 0.5) is 0 Å². The number of benzene rings is 2. The molecule has 0 heterocycles. The Hall–Kier alpha value is -2.04. The first kappa shape index (κ1) is 20.7. The van der Waals surface area contributed by atoms with E-state index in [2.05, 4.69) is 41.0 Å². The van der Waals surface area contributed by atoms with Gasteiger partial charge in [0.1, 0.15) is 0 Å². The van der Waals surface area contributed by atoms with Gasteiger partial charge in [-0.3, -0.25) is 0 Å². The number of hydrogen-bond donors (Lipinski definition) is 4. The Balaban J connectivity index is 1.22. The van der Waals surface area contributed by atoms with Crippen molar-refractivity contribution in [3.8, 4) is 11.5 Å². The summed E-state index contributed by atoms with van der Waals surface area (Å²) in [6, 6.07) is 15.8. The molecule has 0 bridgehead atoms. The average molecular weight is 383 g/mol. The van der Waals surface area contributed by atoms with E-state index in [1.165, 1.54) is 31.2 Å². The van der Waals surface area contributed by atoms with Gasteiger partial charge in [0.15, 0.2) is 11.5 Å². The highest BCUT2D eigenvalue weighted by Gasteiger charge is 2.20. The molecule has 2 aromatic rings. The fourth-order valence-corrected chi connectivity index (χ4v) is 4.09. The molecule has 0 saturated heterocycles. The second kappa shape index (κ2) is 11.1. The second-order valence-corrected chi connectivity index (χ2v) is 8.10. The molecule has 1 aliphatic carbocycles. The maximum Gasteiger partial charge on any atom is 0.157 e. The molecule has 0 aliphatic heterocycles. The van der Waals surface area contributed by atoms with Crippen molar-refractivity contribution in [3.63, 3.8) is 0 Å². The van der Waals surface area contributed by atoms with Gasteiger partial charge < -0.3 is 20.8 Å². The molecule has 1 aliphatic rings. The van der Waals surface area contributed by atoms with E-state index in [1.807, 2.05) is 6.07 Å². The molecule has 1 fully saturated rings. The van der Waals surface area contributed by atoms with Crippen molar-refractivity contribution in [1.82, 2.24) is 10.6 Å². The molecule has 0 radical (unpaired) electrons. The standard InChI is InChI=1S/C24H34N2O2/c27-23-11-10-20(16-24(23)28)13-15-26-18-22-8-6-21(7-9-22)17-25-14-12-19-4-2-1-3-5-19/h1-5,10-11,16,21-22,25-28H,6-9,12-15,17-18H2. The zero-order valence-corrected chi connectivity index (χ0v) is 16.7. The summed E-state index contributed by atoms with van der Waals surface area (Å²) in [7, 11) is 0. The minimum Gasteiger partial charge on any atom is -0.504 e. The summed E-state index contributed by atoms with van der Waals surface area (Å²) in [4.78, 5) is 0. The smallest absolute Gasteiger partial charge is 0.157 e. The van der Waals surface area contributed by atoms with Crippen molar-refractivity contribution in [2.75, 3.05) is 26.2 Å². The van der Waals surface area contributed by atoms with Gasteiger partial charge >= 0.3 is 0 Å². The Bertz CT molecular complexity index is 697. The molecule has 4 heteroatoms. The van der Waals surface area contributed by atoms with Gasteiger partial charge in [-0.1, -0.05) is 36.4 Å². The van der Waals surface area contributed by atoms with E-state index in [0.717, 1.165) is 56.4 Å². The Morgan fingerprint density at radius 2 is 1.25 bits per heavy atom. The van der Waals surface area contributed by atoms with Gasteiger partial charge in [-0.2, -0.15) is 0 Å². The SMILES string of the molecule is Oc1ccc(CCNCC2CCC(CNCCc3ccccc3)CC2)cc1O. The van der Waals surface area contributed by atoms with Gasteiger partial charge in [0.25, 0.3) is 0 Å². The minimum absolute atomic E-state index is 0.0341. The molecule has 0 spiro atoms. The number of nitrogens with one attached hydrogen (secondary N) is 2. The first-order valence-corrected chi connectivity index (χ1v) is 10.7. The van der Waals surface area contributed by atoms with E-state index < -0.39 is 0 Å². The van der Waals surface area contributed by atoms with Crippen LogP contribution in [-0.4, -0.2) is 36.4 Å². The fourth-order valence-electron chi connectivity index (χ4n) is 4.09. The normalized spacial score (nSPS) is 19.6. The summed E-state index contributed by atoms with van der Waals surface area (Å²) in [6.07, 6.45) is 7.27. The molecule has 152 valence electrons. The van der Waals surface area contributed by atoms with E-state index in [9.17, 15) is 10.2 Å². The van der Waals surface area contributed by atoms with E-state index in [0.29, 0.717) is 0 Å². The summed E-state index contributed by atoms with van der Waals surface area (Å²) >= 11 is 0. The van der Waals surface area contributed by atoms with Crippen LogP contribution in [0.3, 0.4) is 0 Å². The lowest BCUT2D eigenvalue weighted by Gasteiger charge is -2.29. The summed E-state index contributed by atoms with van der Waals surface area (Å²) < 4.78 is 0. The third-order valence-electron chi connectivity index (χ3n) is 5.90. The zero-order chi connectivity index (χ0) is 19.6. The molecule has 0 aromatic heterocycles. The van der Waals surface area contributed by atoms with Crippen LogP contribution in [0.5, 0.6) is 11.5 Å². The highest BCUT2D eigenvalue weighted by Crippen LogP contribution is 2.28. The Kier molecular flexibility index (Phi) is 8.19. The van der Waals surface area contributed by atoms with Crippen LogP contribution in [0.1, 0.15) is 36.8 Å². The van der Waals surface area contributed by atoms with Gasteiger partial charge in [-0.25, -0.2) is 0 Å². The third kappa shape index (κ3) is 6.84. The van der Waals surface area contributed by atoms with Crippen molar-refractivity contribution >= 4 is 0 Å². The van der Waals surface area contributed by atoms with Crippen LogP contribution in [0.2, 0.25) is 0 Å². The molecule has 0 unspecified atom stereocenters. The first-order chi connectivity index (χ1) is 13.7. The lowest BCUT2D eigenvalue weighted by molar-refractivity contribution is 0.262. The number of phenolic OH excluding ortho intramolecular Hbond substituents is 2. The third-order valence-corrected chi connectivity index (χ3v) is 5.90. The van der Waals surface area contributed by atoms with Gasteiger partial charge in [-0.05, 0) is 99.8 Å². The minimum atomic E-state index is -0.0528. The molecule has 0 atom stereocenters. The van der Waals surface area contributed by atoms with Crippen molar-refractivity contribution in [3.05, 3.63) is 59.7 Å². The summed E-state index contributed by atoms with van der Waals surface area (Å²) in [5, 5.41) is 26.1. The maximum absolute atomic E-state index is 9.55. The van der Waals surface area contributed by atoms with Crippen molar-refractivity contribution in [1.29, 1.82) is 0 Å². The topological polar surface area (TPSA) is 64.5 Å². The molecule has 2 aromatic carbocycles. The average Bonchev–Trinajstić information content (AvgIpc) is 2.73. The Labute approximate surface area is 169 Å². The van der Waals surface area contributed by atoms with E-state index in [1.54, 1.807) is 12.1 Å². The molecule has 0 amide bonds. The monoisotopic (exact) mass is 382 g/mol. The molecule has 28 heavy (non-hydrogen) atoms. The predicted octanol–water partition coefficient (Wildman–Crippen LogP) is 3.87. The fraction of sp³-hybridized carbons (Fsp3) is 0.500. The zero-order valence-electron chi connectivity index (χ0n) is 16.7. The summed E-state index contributed by atoms with van der Waals surface area (Å²) in [5.74, 6) is 1.53. The number of rotatable bonds is 10. The summed E-state index contributed by atoms with van der Waals surface area (Å²) in [5.41, 5.74) is 2.46. The van der Waals surface area contributed by atoms with Crippen LogP contribution in [0.25, 0.3) is 0 Å². The molecule has 4 nitrogen and oxygen atoms in total. The predicted molar refractivity (Wildman–Crippen MR) is 115 cm³/mol. The quantitative estimate of drug-likeness (QED) is 0.372. The van der Waals surface area contributed by atoms with Gasteiger partial charge in [-0.15, -0.1) is 0 Å². The molecule has 4 N–H and O–H groups in total. The molecular formula is C24H34N2O2. The first-order valence-electron chi connectivity index (χ1n) is 10.7. The van der Waals surface area contributed by atoms with Crippen molar-refractivity contribution in [2.24, 2.45) is 11.8 Å². The van der Waals surface area contributed by atoms with E-state index in [-0.39, 0.29) is 11.5 Å². The second-order valence-electron chi connectivity index (χ2n) is 8.10. The highest BCUT2D eigenvalue weighted by molar-refractivity contribution is 5.40. The van der Waals surface area contributed by atoms with Gasteiger partial charge in [0, 0.05) is 0 Å². The van der Waals surface area contributed by atoms with E-state index in [4.69, 9.17) is 0 Å². The lowest BCUT2D eigenvalue weighted by Crippen LogP contribution is -2.31. The van der Waals surface area contributed by atoms with Gasteiger partial charge in [0.2, 0.25) is 0 Å². The molecule has 3 rings (SSSR count). The maximum atomic E-state index is 9.55.